The highest BCUT2D eigenvalue weighted by Gasteiger charge is 2.18. The Morgan fingerprint density at radius 1 is 0.913 bits per heavy atom. The van der Waals surface area contributed by atoms with Gasteiger partial charge in [0.25, 0.3) is 0 Å². The highest BCUT2D eigenvalue weighted by molar-refractivity contribution is 5.58. The average molecular weight is 308 g/mol. The quantitative estimate of drug-likeness (QED) is 0.840. The Labute approximate surface area is 138 Å². The Morgan fingerprint density at radius 3 is 2.35 bits per heavy atom. The molecule has 3 rings (SSSR count). The van der Waals surface area contributed by atoms with Crippen LogP contribution in [0.15, 0.2) is 60.7 Å². The van der Waals surface area contributed by atoms with E-state index in [1.54, 1.807) is 7.11 Å². The van der Waals surface area contributed by atoms with Crippen LogP contribution in [0.1, 0.15) is 5.56 Å². The summed E-state index contributed by atoms with van der Waals surface area (Å²) in [4.78, 5) is 4.90. The molecule has 0 aromatic heterocycles. The molecule has 0 aliphatic carbocycles. The van der Waals surface area contributed by atoms with Gasteiger partial charge in [0.1, 0.15) is 5.75 Å². The number of rotatable bonds is 5. The van der Waals surface area contributed by atoms with E-state index in [1.165, 1.54) is 11.3 Å². The third kappa shape index (κ3) is 4.14. The maximum absolute atomic E-state index is 5.47. The molecular formula is C20H24N2O. The Hall–Kier alpha value is -2.26. The molecule has 0 atom stereocenters. The highest BCUT2D eigenvalue weighted by atomic mass is 16.5. The normalized spacial score (nSPS) is 16.0. The van der Waals surface area contributed by atoms with E-state index in [0.717, 1.165) is 38.5 Å². The van der Waals surface area contributed by atoms with Crippen LogP contribution in [0.3, 0.4) is 0 Å². The van der Waals surface area contributed by atoms with Crippen LogP contribution in [-0.4, -0.2) is 44.7 Å². The third-order valence-corrected chi connectivity index (χ3v) is 4.27. The van der Waals surface area contributed by atoms with Gasteiger partial charge in [-0.1, -0.05) is 54.6 Å². The number of piperazine rings is 1. The number of benzene rings is 2. The molecule has 3 heteroatoms. The fraction of sp³-hybridized carbons (Fsp3) is 0.300. The zero-order valence-corrected chi connectivity index (χ0v) is 13.7. The number of ether oxygens (including phenoxy) is 1. The van der Waals surface area contributed by atoms with Crippen molar-refractivity contribution >= 4 is 11.8 Å². The number of methoxy groups -OCH3 is 1. The number of hydrogen-bond acceptors (Lipinski definition) is 3. The van der Waals surface area contributed by atoms with E-state index in [4.69, 9.17) is 4.74 Å². The summed E-state index contributed by atoms with van der Waals surface area (Å²) in [7, 11) is 1.74. The smallest absolute Gasteiger partial charge is 0.142 e. The maximum atomic E-state index is 5.47. The highest BCUT2D eigenvalue weighted by Crippen LogP contribution is 2.28. The Bertz CT molecular complexity index is 631. The molecule has 1 fully saturated rings. The molecule has 1 heterocycles. The minimum atomic E-state index is 0.963. The fourth-order valence-corrected chi connectivity index (χ4v) is 2.96. The second-order valence-corrected chi connectivity index (χ2v) is 5.77. The predicted octanol–water partition coefficient (Wildman–Crippen LogP) is 3.53. The molecule has 3 nitrogen and oxygen atoms in total. The van der Waals surface area contributed by atoms with Crippen molar-refractivity contribution in [1.82, 2.24) is 4.90 Å². The first-order valence-electron chi connectivity index (χ1n) is 8.19. The van der Waals surface area contributed by atoms with Gasteiger partial charge in [-0.2, -0.15) is 0 Å². The number of nitrogens with zero attached hydrogens (tertiary/aromatic N) is 2. The molecule has 2 aromatic carbocycles. The zero-order chi connectivity index (χ0) is 15.9. The SMILES string of the molecule is COc1ccccc1N1CCN(CC=Cc2ccccc2)CC1. The van der Waals surface area contributed by atoms with Crippen LogP contribution < -0.4 is 9.64 Å². The van der Waals surface area contributed by atoms with Gasteiger partial charge < -0.3 is 9.64 Å². The second kappa shape index (κ2) is 7.84. The first kappa shape index (κ1) is 15.6. The third-order valence-electron chi connectivity index (χ3n) is 4.27. The van der Waals surface area contributed by atoms with Crippen LogP contribution in [0.25, 0.3) is 6.08 Å². The molecule has 0 unspecified atom stereocenters. The van der Waals surface area contributed by atoms with E-state index >= 15 is 0 Å². The molecule has 0 amide bonds. The van der Waals surface area contributed by atoms with E-state index in [1.807, 2.05) is 12.1 Å². The Kier molecular flexibility index (Phi) is 5.33. The molecule has 0 spiro atoms. The van der Waals surface area contributed by atoms with Gasteiger partial charge in [0, 0.05) is 32.7 Å². The lowest BCUT2D eigenvalue weighted by Crippen LogP contribution is -2.46. The average Bonchev–Trinajstić information content (AvgIpc) is 2.63. The molecule has 0 radical (unpaired) electrons. The summed E-state index contributed by atoms with van der Waals surface area (Å²) in [5, 5.41) is 0. The van der Waals surface area contributed by atoms with E-state index in [0.29, 0.717) is 0 Å². The van der Waals surface area contributed by atoms with Crippen LogP contribution in [0, 0.1) is 0 Å². The van der Waals surface area contributed by atoms with Gasteiger partial charge in [0.05, 0.1) is 12.8 Å². The summed E-state index contributed by atoms with van der Waals surface area (Å²) < 4.78 is 5.47. The topological polar surface area (TPSA) is 15.7 Å². The first-order valence-corrected chi connectivity index (χ1v) is 8.19. The summed E-state index contributed by atoms with van der Waals surface area (Å²) in [5.74, 6) is 0.963. The molecule has 120 valence electrons. The lowest BCUT2D eigenvalue weighted by molar-refractivity contribution is 0.283. The van der Waals surface area contributed by atoms with E-state index in [2.05, 4.69) is 64.4 Å². The van der Waals surface area contributed by atoms with Gasteiger partial charge >= 0.3 is 0 Å². The van der Waals surface area contributed by atoms with Gasteiger partial charge in [-0.25, -0.2) is 0 Å². The van der Waals surface area contributed by atoms with Gasteiger partial charge in [-0.3, -0.25) is 4.90 Å². The van der Waals surface area contributed by atoms with Crippen molar-refractivity contribution in [3.8, 4) is 5.75 Å². The maximum Gasteiger partial charge on any atom is 0.142 e. The molecule has 0 bridgehead atoms. The lowest BCUT2D eigenvalue weighted by Gasteiger charge is -2.36. The van der Waals surface area contributed by atoms with Gasteiger partial charge in [-0.05, 0) is 17.7 Å². The van der Waals surface area contributed by atoms with Crippen molar-refractivity contribution in [1.29, 1.82) is 0 Å². The van der Waals surface area contributed by atoms with Crippen LogP contribution in [0.4, 0.5) is 5.69 Å². The molecule has 0 N–H and O–H groups in total. The largest absolute Gasteiger partial charge is 0.495 e. The fourth-order valence-electron chi connectivity index (χ4n) is 2.96. The van der Waals surface area contributed by atoms with Crippen molar-refractivity contribution in [3.05, 3.63) is 66.2 Å². The lowest BCUT2D eigenvalue weighted by atomic mass is 10.2. The molecule has 2 aromatic rings. The van der Waals surface area contributed by atoms with Crippen LogP contribution >= 0.6 is 0 Å². The zero-order valence-electron chi connectivity index (χ0n) is 13.7. The van der Waals surface area contributed by atoms with E-state index in [-0.39, 0.29) is 0 Å². The van der Waals surface area contributed by atoms with Crippen LogP contribution in [0.2, 0.25) is 0 Å². The Morgan fingerprint density at radius 2 is 1.61 bits per heavy atom. The number of hydrogen-bond donors (Lipinski definition) is 0. The van der Waals surface area contributed by atoms with Crippen molar-refractivity contribution in [2.24, 2.45) is 0 Å². The molecule has 1 saturated heterocycles. The predicted molar refractivity (Wildman–Crippen MR) is 97.1 cm³/mol. The summed E-state index contributed by atoms with van der Waals surface area (Å²) >= 11 is 0. The van der Waals surface area contributed by atoms with E-state index < -0.39 is 0 Å². The Balaban J connectivity index is 1.51. The monoisotopic (exact) mass is 308 g/mol. The summed E-state index contributed by atoms with van der Waals surface area (Å²) in [6.45, 7) is 5.25. The number of anilines is 1. The molecule has 1 aliphatic rings. The second-order valence-electron chi connectivity index (χ2n) is 5.77. The summed E-state index contributed by atoms with van der Waals surface area (Å²) in [6, 6.07) is 18.7. The van der Waals surface area contributed by atoms with Crippen molar-refractivity contribution in [2.75, 3.05) is 44.7 Å². The van der Waals surface area contributed by atoms with Crippen molar-refractivity contribution in [3.63, 3.8) is 0 Å². The molecule has 0 saturated carbocycles. The van der Waals surface area contributed by atoms with Crippen molar-refractivity contribution in [2.45, 2.75) is 0 Å². The minimum Gasteiger partial charge on any atom is -0.495 e. The molecule has 23 heavy (non-hydrogen) atoms. The minimum absolute atomic E-state index is 0.963. The summed E-state index contributed by atoms with van der Waals surface area (Å²) in [5.41, 5.74) is 2.47. The summed E-state index contributed by atoms with van der Waals surface area (Å²) in [6.07, 6.45) is 4.46. The first-order chi connectivity index (χ1) is 11.4. The molecule has 1 aliphatic heterocycles. The number of para-hydroxylation sites is 2. The molecular weight excluding hydrogens is 284 g/mol. The van der Waals surface area contributed by atoms with E-state index in [9.17, 15) is 0 Å². The van der Waals surface area contributed by atoms with Gasteiger partial charge in [0.15, 0.2) is 0 Å². The standard InChI is InChI=1S/C20H24N2O/c1-23-20-12-6-5-11-19(20)22-16-14-21(15-17-22)13-7-10-18-8-3-2-4-9-18/h2-12H,13-17H2,1H3. The van der Waals surface area contributed by atoms with Gasteiger partial charge in [0.2, 0.25) is 0 Å². The van der Waals surface area contributed by atoms with Crippen LogP contribution in [-0.2, 0) is 0 Å². The van der Waals surface area contributed by atoms with Gasteiger partial charge in [-0.15, -0.1) is 0 Å². The van der Waals surface area contributed by atoms with Crippen LogP contribution in [0.5, 0.6) is 5.75 Å². The van der Waals surface area contributed by atoms with Crippen molar-refractivity contribution < 1.29 is 4.74 Å².